The van der Waals surface area contributed by atoms with Crippen molar-refractivity contribution in [2.24, 2.45) is 0 Å². The number of nitrogens with zero attached hydrogens (tertiary/aromatic N) is 3. The Morgan fingerprint density at radius 1 is 1.10 bits per heavy atom. The van der Waals surface area contributed by atoms with Crippen molar-refractivity contribution in [3.63, 3.8) is 0 Å². The van der Waals surface area contributed by atoms with E-state index in [0.717, 1.165) is 15.1 Å². The minimum Gasteiger partial charge on any atom is -0.335 e. The van der Waals surface area contributed by atoms with E-state index in [1.165, 1.54) is 11.3 Å². The minimum atomic E-state index is -0.326. The van der Waals surface area contributed by atoms with Gasteiger partial charge in [-0.2, -0.15) is 0 Å². The minimum absolute atomic E-state index is 0.291. The van der Waals surface area contributed by atoms with Crippen LogP contribution in [0.15, 0.2) is 52.6 Å². The SMILES string of the molecule is Nn1c(Cc2ccccc2)nnc(-c2cccs2)c1=O. The number of nitrogen functional groups attached to an aromatic ring is 1. The third kappa shape index (κ3) is 2.33. The summed E-state index contributed by atoms with van der Waals surface area (Å²) in [6, 6.07) is 13.4. The Kier molecular flexibility index (Phi) is 3.30. The topological polar surface area (TPSA) is 73.8 Å². The number of benzene rings is 1. The molecular weight excluding hydrogens is 272 g/mol. The average molecular weight is 284 g/mol. The van der Waals surface area contributed by atoms with E-state index < -0.39 is 0 Å². The van der Waals surface area contributed by atoms with Gasteiger partial charge in [-0.1, -0.05) is 36.4 Å². The molecule has 0 bridgehead atoms. The number of rotatable bonds is 3. The summed E-state index contributed by atoms with van der Waals surface area (Å²) in [5.41, 5.74) is 0.997. The van der Waals surface area contributed by atoms with Crippen molar-refractivity contribution in [1.29, 1.82) is 0 Å². The summed E-state index contributed by atoms with van der Waals surface area (Å²) in [6.07, 6.45) is 0.476. The molecular formula is C14H12N4OS. The highest BCUT2D eigenvalue weighted by atomic mass is 32.1. The fourth-order valence-electron chi connectivity index (χ4n) is 1.90. The molecule has 0 aliphatic rings. The summed E-state index contributed by atoms with van der Waals surface area (Å²) in [6.45, 7) is 0. The van der Waals surface area contributed by atoms with Crippen LogP contribution in [0.2, 0.25) is 0 Å². The van der Waals surface area contributed by atoms with Crippen LogP contribution in [0.25, 0.3) is 10.6 Å². The van der Waals surface area contributed by atoms with Crippen LogP contribution < -0.4 is 11.4 Å². The van der Waals surface area contributed by atoms with Gasteiger partial charge in [-0.25, -0.2) is 4.68 Å². The van der Waals surface area contributed by atoms with Crippen LogP contribution in [0.1, 0.15) is 11.4 Å². The number of hydrogen-bond acceptors (Lipinski definition) is 5. The third-order valence-corrected chi connectivity index (χ3v) is 3.80. The summed E-state index contributed by atoms with van der Waals surface area (Å²) >= 11 is 1.44. The second kappa shape index (κ2) is 5.26. The molecule has 3 aromatic rings. The van der Waals surface area contributed by atoms with E-state index in [0.29, 0.717) is 17.9 Å². The molecule has 0 saturated carbocycles. The van der Waals surface area contributed by atoms with E-state index in [-0.39, 0.29) is 5.56 Å². The zero-order chi connectivity index (χ0) is 13.9. The Bertz CT molecular complexity index is 766. The lowest BCUT2D eigenvalue weighted by molar-refractivity contribution is 0.745. The second-order valence-corrected chi connectivity index (χ2v) is 5.23. The Morgan fingerprint density at radius 3 is 2.60 bits per heavy atom. The molecule has 3 rings (SSSR count). The van der Waals surface area contributed by atoms with Crippen LogP contribution in [0, 0.1) is 0 Å². The zero-order valence-electron chi connectivity index (χ0n) is 10.6. The van der Waals surface area contributed by atoms with Gasteiger partial charge in [0, 0.05) is 6.42 Å². The highest BCUT2D eigenvalue weighted by Crippen LogP contribution is 2.18. The van der Waals surface area contributed by atoms with Gasteiger partial charge in [-0.3, -0.25) is 4.79 Å². The van der Waals surface area contributed by atoms with E-state index in [4.69, 9.17) is 5.84 Å². The predicted molar refractivity (Wildman–Crippen MR) is 79.0 cm³/mol. The van der Waals surface area contributed by atoms with Gasteiger partial charge >= 0.3 is 0 Å². The summed E-state index contributed by atoms with van der Waals surface area (Å²) in [7, 11) is 0. The Morgan fingerprint density at radius 2 is 1.90 bits per heavy atom. The van der Waals surface area contributed by atoms with Crippen molar-refractivity contribution in [3.05, 3.63) is 69.6 Å². The summed E-state index contributed by atoms with van der Waals surface area (Å²) < 4.78 is 1.08. The molecule has 0 saturated heterocycles. The second-order valence-electron chi connectivity index (χ2n) is 4.28. The Labute approximate surface area is 119 Å². The largest absolute Gasteiger partial charge is 0.335 e. The number of thiophene rings is 1. The maximum atomic E-state index is 12.2. The predicted octanol–water partition coefficient (Wildman–Crippen LogP) is 1.67. The standard InChI is InChI=1S/C14H12N4OS/c15-18-12(9-10-5-2-1-3-6-10)16-17-13(14(18)19)11-7-4-8-20-11/h1-8H,9,15H2. The molecule has 100 valence electrons. The lowest BCUT2D eigenvalue weighted by Gasteiger charge is -2.07. The molecule has 6 heteroatoms. The third-order valence-electron chi connectivity index (χ3n) is 2.92. The van der Waals surface area contributed by atoms with E-state index in [1.54, 1.807) is 0 Å². The lowest BCUT2D eigenvalue weighted by Crippen LogP contribution is -2.33. The molecule has 0 spiro atoms. The van der Waals surface area contributed by atoms with Crippen molar-refractivity contribution in [3.8, 4) is 10.6 Å². The van der Waals surface area contributed by atoms with Gasteiger partial charge < -0.3 is 5.84 Å². The molecule has 0 atom stereocenters. The highest BCUT2D eigenvalue weighted by Gasteiger charge is 2.12. The van der Waals surface area contributed by atoms with E-state index in [1.807, 2.05) is 47.8 Å². The van der Waals surface area contributed by atoms with Crippen LogP contribution in [-0.4, -0.2) is 14.9 Å². The molecule has 0 aliphatic carbocycles. The Hall–Kier alpha value is -2.47. The molecule has 0 fully saturated rings. The number of hydrogen-bond donors (Lipinski definition) is 1. The van der Waals surface area contributed by atoms with Crippen LogP contribution in [0.5, 0.6) is 0 Å². The summed E-state index contributed by atoms with van der Waals surface area (Å²) in [4.78, 5) is 13.0. The van der Waals surface area contributed by atoms with Crippen molar-refractivity contribution < 1.29 is 0 Å². The maximum absolute atomic E-state index is 12.2. The monoisotopic (exact) mass is 284 g/mol. The maximum Gasteiger partial charge on any atom is 0.299 e. The fraction of sp³-hybridized carbons (Fsp3) is 0.0714. The zero-order valence-corrected chi connectivity index (χ0v) is 11.4. The lowest BCUT2D eigenvalue weighted by atomic mass is 10.1. The number of aromatic nitrogens is 3. The molecule has 2 heterocycles. The quantitative estimate of drug-likeness (QED) is 0.742. The normalized spacial score (nSPS) is 10.6. The molecule has 5 nitrogen and oxygen atoms in total. The van der Waals surface area contributed by atoms with Crippen molar-refractivity contribution in [2.45, 2.75) is 6.42 Å². The molecule has 2 aromatic heterocycles. The molecule has 0 amide bonds. The van der Waals surface area contributed by atoms with Crippen LogP contribution in [-0.2, 0) is 6.42 Å². The molecule has 1 aromatic carbocycles. The molecule has 0 radical (unpaired) electrons. The van der Waals surface area contributed by atoms with Gasteiger partial charge in [-0.05, 0) is 17.0 Å². The first-order valence-electron chi connectivity index (χ1n) is 6.07. The van der Waals surface area contributed by atoms with Crippen LogP contribution in [0.3, 0.4) is 0 Å². The van der Waals surface area contributed by atoms with Crippen molar-refractivity contribution >= 4 is 11.3 Å². The summed E-state index contributed by atoms with van der Waals surface area (Å²) in [5, 5.41) is 9.99. The Balaban J connectivity index is 1.99. The van der Waals surface area contributed by atoms with Crippen molar-refractivity contribution in [1.82, 2.24) is 14.9 Å². The molecule has 0 aliphatic heterocycles. The van der Waals surface area contributed by atoms with Gasteiger partial charge in [-0.15, -0.1) is 21.5 Å². The fourth-order valence-corrected chi connectivity index (χ4v) is 2.60. The van der Waals surface area contributed by atoms with Gasteiger partial charge in [0.25, 0.3) is 5.56 Å². The van der Waals surface area contributed by atoms with Gasteiger partial charge in [0.15, 0.2) is 11.5 Å². The van der Waals surface area contributed by atoms with Gasteiger partial charge in [0.1, 0.15) is 0 Å². The summed E-state index contributed by atoms with van der Waals surface area (Å²) in [5.74, 6) is 6.29. The molecule has 20 heavy (non-hydrogen) atoms. The van der Waals surface area contributed by atoms with Crippen LogP contribution >= 0.6 is 11.3 Å². The average Bonchev–Trinajstić information content (AvgIpc) is 2.99. The van der Waals surface area contributed by atoms with E-state index in [2.05, 4.69) is 10.2 Å². The first-order valence-corrected chi connectivity index (χ1v) is 6.95. The smallest absolute Gasteiger partial charge is 0.299 e. The molecule has 2 N–H and O–H groups in total. The first kappa shape index (κ1) is 12.6. The van der Waals surface area contributed by atoms with E-state index >= 15 is 0 Å². The first-order chi connectivity index (χ1) is 9.75. The van der Waals surface area contributed by atoms with Gasteiger partial charge in [0.05, 0.1) is 4.88 Å². The number of nitrogens with two attached hydrogens (primary N) is 1. The highest BCUT2D eigenvalue weighted by molar-refractivity contribution is 7.13. The van der Waals surface area contributed by atoms with Crippen LogP contribution in [0.4, 0.5) is 0 Å². The van der Waals surface area contributed by atoms with Gasteiger partial charge in [0.2, 0.25) is 0 Å². The molecule has 0 unspecified atom stereocenters. The van der Waals surface area contributed by atoms with E-state index in [9.17, 15) is 4.79 Å². The van der Waals surface area contributed by atoms with Crippen molar-refractivity contribution in [2.75, 3.05) is 5.84 Å².